The number of hydrogen-bond acceptors (Lipinski definition) is 4. The Morgan fingerprint density at radius 2 is 2.03 bits per heavy atom. The van der Waals surface area contributed by atoms with E-state index in [2.05, 4.69) is 51.7 Å². The van der Waals surface area contributed by atoms with Gasteiger partial charge in [0, 0.05) is 44.5 Å². The number of aromatic hydroxyl groups is 1. The van der Waals surface area contributed by atoms with Crippen molar-refractivity contribution in [3.05, 3.63) is 53.6 Å². The molecule has 3 rings (SSSR count). The Morgan fingerprint density at radius 3 is 2.72 bits per heavy atom. The number of anilines is 1. The lowest BCUT2D eigenvalue weighted by atomic mass is 10.0. The zero-order valence-electron chi connectivity index (χ0n) is 17.6. The minimum atomic E-state index is 0.259. The molecule has 0 spiro atoms. The zero-order valence-corrected chi connectivity index (χ0v) is 17.6. The molecule has 1 aliphatic heterocycles. The summed E-state index contributed by atoms with van der Waals surface area (Å²) in [5.74, 6) is 1.72. The number of phenolic OH excluding ortho intramolecular Hbond substituents is 1. The quantitative estimate of drug-likeness (QED) is 0.517. The minimum absolute atomic E-state index is 0.259. The number of ether oxygens (including phenoxy) is 1. The fourth-order valence-corrected chi connectivity index (χ4v) is 3.67. The van der Waals surface area contributed by atoms with Crippen molar-refractivity contribution in [2.45, 2.75) is 32.2 Å². The average Bonchev–Trinajstić information content (AvgIpc) is 2.74. The second kappa shape index (κ2) is 10.0. The normalized spacial score (nSPS) is 17.1. The number of methoxy groups -OCH3 is 1. The van der Waals surface area contributed by atoms with Gasteiger partial charge in [0.05, 0.1) is 7.11 Å². The minimum Gasteiger partial charge on any atom is -0.508 e. The Morgan fingerprint density at radius 1 is 1.24 bits per heavy atom. The number of rotatable bonds is 6. The molecular formula is C23H32N4O2. The first-order valence-corrected chi connectivity index (χ1v) is 10.2. The summed E-state index contributed by atoms with van der Waals surface area (Å²) in [4.78, 5) is 6.80. The van der Waals surface area contributed by atoms with Crippen LogP contribution in [0.25, 0.3) is 0 Å². The lowest BCUT2D eigenvalue weighted by Gasteiger charge is -2.35. The molecule has 0 aromatic heterocycles. The lowest BCUT2D eigenvalue weighted by molar-refractivity contribution is 0.406. The van der Waals surface area contributed by atoms with Gasteiger partial charge in [-0.15, -0.1) is 0 Å². The van der Waals surface area contributed by atoms with Crippen LogP contribution < -0.4 is 20.3 Å². The summed E-state index contributed by atoms with van der Waals surface area (Å²) in [6, 6.07) is 14.5. The molecule has 0 saturated carbocycles. The number of nitrogens with zero attached hydrogens (tertiary/aromatic N) is 2. The van der Waals surface area contributed by atoms with Crippen molar-refractivity contribution in [3.8, 4) is 11.5 Å². The van der Waals surface area contributed by atoms with E-state index < -0.39 is 0 Å². The highest BCUT2D eigenvalue weighted by atomic mass is 16.5. The smallest absolute Gasteiger partial charge is 0.191 e. The number of hydrogen-bond donors (Lipinski definition) is 3. The molecular weight excluding hydrogens is 364 g/mol. The van der Waals surface area contributed by atoms with Crippen molar-refractivity contribution in [2.75, 3.05) is 38.7 Å². The van der Waals surface area contributed by atoms with Crippen LogP contribution in [0.3, 0.4) is 0 Å². The van der Waals surface area contributed by atoms with Gasteiger partial charge in [0.25, 0.3) is 0 Å². The molecule has 1 heterocycles. The van der Waals surface area contributed by atoms with Gasteiger partial charge in [-0.3, -0.25) is 4.99 Å². The number of guanidine groups is 1. The highest BCUT2D eigenvalue weighted by Crippen LogP contribution is 2.23. The van der Waals surface area contributed by atoms with Crippen LogP contribution in [0.1, 0.15) is 24.0 Å². The van der Waals surface area contributed by atoms with Gasteiger partial charge in [-0.2, -0.15) is 0 Å². The number of aliphatic imine (C=N–C) groups is 1. The van der Waals surface area contributed by atoms with Gasteiger partial charge < -0.3 is 25.4 Å². The maximum absolute atomic E-state index is 10.1. The van der Waals surface area contributed by atoms with Crippen molar-refractivity contribution in [3.63, 3.8) is 0 Å². The molecule has 1 saturated heterocycles. The van der Waals surface area contributed by atoms with Crippen molar-refractivity contribution >= 4 is 11.6 Å². The van der Waals surface area contributed by atoms with E-state index in [4.69, 9.17) is 4.74 Å². The summed E-state index contributed by atoms with van der Waals surface area (Å²) in [6.45, 7) is 4.85. The van der Waals surface area contributed by atoms with E-state index in [1.54, 1.807) is 20.2 Å². The van der Waals surface area contributed by atoms with E-state index >= 15 is 0 Å². The van der Waals surface area contributed by atoms with Crippen LogP contribution in [0.5, 0.6) is 11.5 Å². The van der Waals surface area contributed by atoms with E-state index in [0.717, 1.165) is 37.5 Å². The molecule has 156 valence electrons. The van der Waals surface area contributed by atoms with E-state index in [-0.39, 0.29) is 5.75 Å². The number of phenols is 1. The van der Waals surface area contributed by atoms with E-state index in [1.807, 2.05) is 12.1 Å². The van der Waals surface area contributed by atoms with E-state index in [0.29, 0.717) is 24.8 Å². The van der Waals surface area contributed by atoms with Crippen molar-refractivity contribution in [1.29, 1.82) is 0 Å². The van der Waals surface area contributed by atoms with Crippen LogP contribution in [0, 0.1) is 6.92 Å². The summed E-state index contributed by atoms with van der Waals surface area (Å²) < 4.78 is 5.13. The molecule has 0 aliphatic carbocycles. The Labute approximate surface area is 173 Å². The largest absolute Gasteiger partial charge is 0.508 e. The summed E-state index contributed by atoms with van der Waals surface area (Å²) in [5.41, 5.74) is 3.45. The molecule has 1 aliphatic rings. The zero-order chi connectivity index (χ0) is 20.6. The summed E-state index contributed by atoms with van der Waals surface area (Å²) in [6.07, 6.45) is 2.99. The molecule has 1 unspecified atom stereocenters. The maximum Gasteiger partial charge on any atom is 0.191 e. The number of piperidine rings is 1. The number of aryl methyl sites for hydroxylation is 1. The Kier molecular flexibility index (Phi) is 7.22. The second-order valence-corrected chi connectivity index (χ2v) is 7.51. The first-order valence-electron chi connectivity index (χ1n) is 10.2. The molecule has 6 heteroatoms. The first-order chi connectivity index (χ1) is 14.1. The third kappa shape index (κ3) is 5.79. The van der Waals surface area contributed by atoms with Gasteiger partial charge in [-0.25, -0.2) is 0 Å². The molecule has 0 bridgehead atoms. The fraction of sp³-hybridized carbons (Fsp3) is 0.435. The molecule has 29 heavy (non-hydrogen) atoms. The van der Waals surface area contributed by atoms with Gasteiger partial charge in [0.15, 0.2) is 5.96 Å². The number of nitrogens with one attached hydrogen (secondary N) is 2. The van der Waals surface area contributed by atoms with E-state index in [1.165, 1.54) is 11.3 Å². The predicted molar refractivity (Wildman–Crippen MR) is 119 cm³/mol. The molecule has 1 atom stereocenters. The highest BCUT2D eigenvalue weighted by molar-refractivity contribution is 5.80. The van der Waals surface area contributed by atoms with Gasteiger partial charge >= 0.3 is 0 Å². The maximum atomic E-state index is 10.1. The Bertz CT molecular complexity index is 820. The van der Waals surface area contributed by atoms with Crippen LogP contribution >= 0.6 is 0 Å². The summed E-state index contributed by atoms with van der Waals surface area (Å²) >= 11 is 0. The van der Waals surface area contributed by atoms with Gasteiger partial charge in [-0.05, 0) is 49.9 Å². The molecule has 2 aromatic rings. The Balaban J connectivity index is 1.50. The van der Waals surface area contributed by atoms with Gasteiger partial charge in [0.1, 0.15) is 11.5 Å². The molecule has 2 aromatic carbocycles. The standard InChI is InChI=1S/C23H32N4O2/c1-17-6-9-20(10-7-17)27-14-4-5-19(16-27)26-23(24-2)25-13-12-18-8-11-21(29-3)15-22(18)28/h6-11,15,19,28H,4-5,12-14,16H2,1-3H3,(H2,24,25,26). The number of benzene rings is 2. The second-order valence-electron chi connectivity index (χ2n) is 7.51. The van der Waals surface area contributed by atoms with Gasteiger partial charge in [-0.1, -0.05) is 23.8 Å². The van der Waals surface area contributed by atoms with Crippen LogP contribution in [-0.4, -0.2) is 50.9 Å². The third-order valence-electron chi connectivity index (χ3n) is 5.36. The lowest BCUT2D eigenvalue weighted by Crippen LogP contribution is -2.51. The summed E-state index contributed by atoms with van der Waals surface area (Å²) in [7, 11) is 3.39. The molecule has 0 amide bonds. The van der Waals surface area contributed by atoms with Crippen molar-refractivity contribution < 1.29 is 9.84 Å². The monoisotopic (exact) mass is 396 g/mol. The van der Waals surface area contributed by atoms with Crippen LogP contribution in [0.2, 0.25) is 0 Å². The topological polar surface area (TPSA) is 69.1 Å². The van der Waals surface area contributed by atoms with Crippen LogP contribution in [0.4, 0.5) is 5.69 Å². The predicted octanol–water partition coefficient (Wildman–Crippen LogP) is 3.09. The summed E-state index contributed by atoms with van der Waals surface area (Å²) in [5, 5.41) is 17.0. The SMILES string of the molecule is CN=C(NCCc1ccc(OC)cc1O)NC1CCCN(c2ccc(C)cc2)C1. The van der Waals surface area contributed by atoms with Crippen molar-refractivity contribution in [1.82, 2.24) is 10.6 Å². The van der Waals surface area contributed by atoms with E-state index in [9.17, 15) is 5.11 Å². The molecule has 3 N–H and O–H groups in total. The van der Waals surface area contributed by atoms with Crippen LogP contribution in [0.15, 0.2) is 47.5 Å². The molecule has 6 nitrogen and oxygen atoms in total. The average molecular weight is 397 g/mol. The fourth-order valence-electron chi connectivity index (χ4n) is 3.67. The molecule has 0 radical (unpaired) electrons. The van der Waals surface area contributed by atoms with Gasteiger partial charge in [0.2, 0.25) is 0 Å². The highest BCUT2D eigenvalue weighted by Gasteiger charge is 2.21. The molecule has 1 fully saturated rings. The first kappa shape index (κ1) is 20.8. The Hall–Kier alpha value is -2.89. The van der Waals surface area contributed by atoms with Crippen molar-refractivity contribution in [2.24, 2.45) is 4.99 Å². The van der Waals surface area contributed by atoms with Crippen LogP contribution in [-0.2, 0) is 6.42 Å². The third-order valence-corrected chi connectivity index (χ3v) is 5.36.